The van der Waals surface area contributed by atoms with Crippen LogP contribution >= 0.6 is 11.6 Å². The fraction of sp³-hybridized carbons (Fsp3) is 0.0769. The summed E-state index contributed by atoms with van der Waals surface area (Å²) in [7, 11) is 0. The van der Waals surface area contributed by atoms with Crippen molar-refractivity contribution in [3.63, 3.8) is 0 Å². The summed E-state index contributed by atoms with van der Waals surface area (Å²) >= 11 is 5.81. The standard InChI is InChI=1S/C13H9ClN4O/c1-8-3-2-4-11(9(8)5-15)18-13-10(6-19)12(14)16-7-17-13/h2-4,6-7H,1H3,(H,16,17,18). The molecule has 0 saturated heterocycles. The third-order valence-corrected chi connectivity index (χ3v) is 2.89. The van der Waals surface area contributed by atoms with E-state index in [-0.39, 0.29) is 16.5 Å². The molecule has 94 valence electrons. The van der Waals surface area contributed by atoms with Gasteiger partial charge in [-0.3, -0.25) is 4.79 Å². The zero-order chi connectivity index (χ0) is 13.8. The number of halogens is 1. The predicted octanol–water partition coefficient (Wildman–Crippen LogP) is 2.87. The van der Waals surface area contributed by atoms with Crippen LogP contribution in [-0.4, -0.2) is 16.3 Å². The molecule has 19 heavy (non-hydrogen) atoms. The highest BCUT2D eigenvalue weighted by Gasteiger charge is 2.11. The van der Waals surface area contributed by atoms with Crippen LogP contribution in [0.1, 0.15) is 21.5 Å². The van der Waals surface area contributed by atoms with Crippen LogP contribution in [0.3, 0.4) is 0 Å². The lowest BCUT2D eigenvalue weighted by Gasteiger charge is -2.10. The SMILES string of the molecule is Cc1cccc(Nc2ncnc(Cl)c2C=O)c1C#N. The van der Waals surface area contributed by atoms with Crippen molar-refractivity contribution in [2.75, 3.05) is 5.32 Å². The molecule has 0 atom stereocenters. The Morgan fingerprint density at radius 1 is 1.42 bits per heavy atom. The van der Waals surface area contributed by atoms with Crippen molar-refractivity contribution >= 4 is 29.4 Å². The van der Waals surface area contributed by atoms with Gasteiger partial charge in [-0.25, -0.2) is 9.97 Å². The van der Waals surface area contributed by atoms with E-state index in [9.17, 15) is 4.79 Å². The molecule has 2 rings (SSSR count). The summed E-state index contributed by atoms with van der Waals surface area (Å²) in [6, 6.07) is 7.48. The van der Waals surface area contributed by atoms with Crippen LogP contribution in [0.25, 0.3) is 0 Å². The minimum absolute atomic E-state index is 0.0682. The number of nitrogens with one attached hydrogen (secondary N) is 1. The van der Waals surface area contributed by atoms with E-state index in [1.165, 1.54) is 6.33 Å². The Morgan fingerprint density at radius 3 is 2.89 bits per heavy atom. The molecule has 2 aromatic rings. The molecule has 1 N–H and O–H groups in total. The zero-order valence-corrected chi connectivity index (χ0v) is 10.8. The van der Waals surface area contributed by atoms with E-state index in [2.05, 4.69) is 21.4 Å². The van der Waals surface area contributed by atoms with Gasteiger partial charge in [0.15, 0.2) is 6.29 Å². The molecule has 1 aromatic carbocycles. The summed E-state index contributed by atoms with van der Waals surface area (Å²) in [5.41, 5.74) is 2.06. The van der Waals surface area contributed by atoms with Crippen molar-refractivity contribution in [3.8, 4) is 6.07 Å². The van der Waals surface area contributed by atoms with Crippen molar-refractivity contribution in [1.82, 2.24) is 9.97 Å². The van der Waals surface area contributed by atoms with Gasteiger partial charge in [-0.05, 0) is 18.6 Å². The van der Waals surface area contributed by atoms with Crippen molar-refractivity contribution < 1.29 is 4.79 Å². The van der Waals surface area contributed by atoms with E-state index in [1.807, 2.05) is 19.1 Å². The lowest BCUT2D eigenvalue weighted by atomic mass is 10.1. The number of aldehydes is 1. The molecule has 0 amide bonds. The van der Waals surface area contributed by atoms with E-state index in [1.54, 1.807) is 6.07 Å². The van der Waals surface area contributed by atoms with Crippen LogP contribution in [0.4, 0.5) is 11.5 Å². The summed E-state index contributed by atoms with van der Waals surface area (Å²) in [6.45, 7) is 1.83. The second-order valence-electron chi connectivity index (χ2n) is 3.78. The number of nitriles is 1. The Kier molecular flexibility index (Phi) is 3.74. The normalized spacial score (nSPS) is 9.74. The minimum Gasteiger partial charge on any atom is -0.338 e. The molecule has 0 bridgehead atoms. The summed E-state index contributed by atoms with van der Waals surface area (Å²) in [6.07, 6.45) is 1.83. The highest BCUT2D eigenvalue weighted by Crippen LogP contribution is 2.25. The van der Waals surface area contributed by atoms with Gasteiger partial charge >= 0.3 is 0 Å². The van der Waals surface area contributed by atoms with Gasteiger partial charge in [-0.1, -0.05) is 23.7 Å². The van der Waals surface area contributed by atoms with E-state index in [4.69, 9.17) is 16.9 Å². The lowest BCUT2D eigenvalue weighted by molar-refractivity contribution is 0.112. The second kappa shape index (κ2) is 5.46. The molecule has 0 unspecified atom stereocenters. The number of hydrogen-bond donors (Lipinski definition) is 1. The summed E-state index contributed by atoms with van der Waals surface area (Å²) in [5.74, 6) is 0.275. The Hall–Kier alpha value is -2.45. The molecule has 1 heterocycles. The van der Waals surface area contributed by atoms with Crippen LogP contribution in [-0.2, 0) is 0 Å². The van der Waals surface area contributed by atoms with Gasteiger partial charge in [0.1, 0.15) is 23.4 Å². The Labute approximate surface area is 114 Å². The fourth-order valence-electron chi connectivity index (χ4n) is 1.63. The van der Waals surface area contributed by atoms with Crippen LogP contribution in [0.2, 0.25) is 5.15 Å². The number of anilines is 2. The van der Waals surface area contributed by atoms with Gasteiger partial charge in [-0.2, -0.15) is 5.26 Å². The molecule has 1 aromatic heterocycles. The smallest absolute Gasteiger partial charge is 0.156 e. The molecular formula is C13H9ClN4O. The van der Waals surface area contributed by atoms with E-state index >= 15 is 0 Å². The maximum Gasteiger partial charge on any atom is 0.156 e. The van der Waals surface area contributed by atoms with Crippen molar-refractivity contribution in [1.29, 1.82) is 5.26 Å². The molecule has 6 heteroatoms. The van der Waals surface area contributed by atoms with Gasteiger partial charge in [0.25, 0.3) is 0 Å². The average Bonchev–Trinajstić information content (AvgIpc) is 2.39. The minimum atomic E-state index is 0.0682. The monoisotopic (exact) mass is 272 g/mol. The zero-order valence-electron chi connectivity index (χ0n) is 10.0. The maximum absolute atomic E-state index is 11.0. The van der Waals surface area contributed by atoms with Crippen LogP contribution in [0.5, 0.6) is 0 Å². The van der Waals surface area contributed by atoms with Gasteiger partial charge in [-0.15, -0.1) is 0 Å². The highest BCUT2D eigenvalue weighted by molar-refractivity contribution is 6.32. The van der Waals surface area contributed by atoms with Crippen molar-refractivity contribution in [3.05, 3.63) is 46.4 Å². The topological polar surface area (TPSA) is 78.7 Å². The first kappa shape index (κ1) is 13.0. The first-order chi connectivity index (χ1) is 9.17. The lowest BCUT2D eigenvalue weighted by Crippen LogP contribution is -2.02. The Balaban J connectivity index is 2.49. The number of rotatable bonds is 3. The van der Waals surface area contributed by atoms with Crippen LogP contribution in [0, 0.1) is 18.3 Å². The van der Waals surface area contributed by atoms with E-state index in [0.717, 1.165) is 5.56 Å². The first-order valence-electron chi connectivity index (χ1n) is 5.39. The molecule has 0 saturated carbocycles. The Bertz CT molecular complexity index is 679. The number of carbonyl (C=O) groups excluding carboxylic acids is 1. The number of aryl methyl sites for hydroxylation is 1. The quantitative estimate of drug-likeness (QED) is 0.686. The molecule has 0 fully saturated rings. The summed E-state index contributed by atoms with van der Waals surface area (Å²) in [4.78, 5) is 18.7. The fourth-order valence-corrected chi connectivity index (χ4v) is 1.80. The Morgan fingerprint density at radius 2 is 2.21 bits per heavy atom. The highest BCUT2D eigenvalue weighted by atomic mass is 35.5. The van der Waals surface area contributed by atoms with Gasteiger partial charge in [0.05, 0.1) is 16.8 Å². The molecule has 0 radical (unpaired) electrons. The molecule has 0 spiro atoms. The van der Waals surface area contributed by atoms with Crippen LogP contribution in [0.15, 0.2) is 24.5 Å². The number of benzene rings is 1. The molecule has 0 aliphatic heterocycles. The van der Waals surface area contributed by atoms with Crippen molar-refractivity contribution in [2.45, 2.75) is 6.92 Å². The number of aromatic nitrogens is 2. The third-order valence-electron chi connectivity index (χ3n) is 2.59. The van der Waals surface area contributed by atoms with Crippen molar-refractivity contribution in [2.24, 2.45) is 0 Å². The molecule has 0 aliphatic carbocycles. The van der Waals surface area contributed by atoms with Crippen LogP contribution < -0.4 is 5.32 Å². The second-order valence-corrected chi connectivity index (χ2v) is 4.14. The summed E-state index contributed by atoms with van der Waals surface area (Å²) in [5, 5.41) is 12.1. The van der Waals surface area contributed by atoms with Gasteiger partial charge in [0, 0.05) is 0 Å². The van der Waals surface area contributed by atoms with E-state index < -0.39 is 0 Å². The largest absolute Gasteiger partial charge is 0.338 e. The number of carbonyl (C=O) groups is 1. The number of nitrogens with zero attached hydrogens (tertiary/aromatic N) is 3. The molecule has 5 nitrogen and oxygen atoms in total. The molecule has 0 aliphatic rings. The first-order valence-corrected chi connectivity index (χ1v) is 5.77. The van der Waals surface area contributed by atoms with Gasteiger partial charge in [0.2, 0.25) is 0 Å². The summed E-state index contributed by atoms with van der Waals surface area (Å²) < 4.78 is 0. The average molecular weight is 273 g/mol. The third kappa shape index (κ3) is 2.54. The molecular weight excluding hydrogens is 264 g/mol. The number of hydrogen-bond acceptors (Lipinski definition) is 5. The van der Waals surface area contributed by atoms with E-state index in [0.29, 0.717) is 17.5 Å². The maximum atomic E-state index is 11.0. The predicted molar refractivity (Wildman–Crippen MR) is 71.6 cm³/mol. The van der Waals surface area contributed by atoms with Gasteiger partial charge < -0.3 is 5.32 Å².